The summed E-state index contributed by atoms with van der Waals surface area (Å²) in [4.78, 5) is 28.0. The number of hydrogen-bond acceptors (Lipinski definition) is 2. The monoisotopic (exact) mass is 244 g/mol. The summed E-state index contributed by atoms with van der Waals surface area (Å²) in [6, 6.07) is 9.00. The molecule has 3 rings (SSSR count). The lowest BCUT2D eigenvalue weighted by molar-refractivity contribution is -0.125. The van der Waals surface area contributed by atoms with Crippen LogP contribution in [0.2, 0.25) is 0 Å². The molecule has 0 aliphatic carbocycles. The van der Waals surface area contributed by atoms with Crippen LogP contribution in [0.15, 0.2) is 30.3 Å². The van der Waals surface area contributed by atoms with Crippen molar-refractivity contribution in [1.82, 2.24) is 4.90 Å². The highest BCUT2D eigenvalue weighted by Gasteiger charge is 2.55. The van der Waals surface area contributed by atoms with E-state index in [1.165, 1.54) is 4.90 Å². The van der Waals surface area contributed by atoms with Gasteiger partial charge in [0.1, 0.15) is 5.54 Å². The number of urea groups is 1. The Morgan fingerprint density at radius 1 is 1.11 bits per heavy atom. The Kier molecular flexibility index (Phi) is 2.40. The van der Waals surface area contributed by atoms with Crippen LogP contribution in [0.5, 0.6) is 0 Å². The number of rotatable bonds is 1. The van der Waals surface area contributed by atoms with Gasteiger partial charge in [-0.3, -0.25) is 4.79 Å². The SMILES string of the molecule is CC12CCCCN1C(=O)N(c1ccccc1)C2=O. The van der Waals surface area contributed by atoms with Crippen molar-refractivity contribution in [2.75, 3.05) is 11.4 Å². The number of carbonyl (C=O) groups is 2. The van der Waals surface area contributed by atoms with Gasteiger partial charge in [0, 0.05) is 6.54 Å². The van der Waals surface area contributed by atoms with Gasteiger partial charge in [-0.2, -0.15) is 0 Å². The van der Waals surface area contributed by atoms with E-state index in [-0.39, 0.29) is 11.9 Å². The normalized spacial score (nSPS) is 27.6. The van der Waals surface area contributed by atoms with Crippen molar-refractivity contribution in [2.45, 2.75) is 31.7 Å². The molecule has 1 aromatic carbocycles. The Hall–Kier alpha value is -1.84. The van der Waals surface area contributed by atoms with Crippen LogP contribution in [-0.4, -0.2) is 28.9 Å². The fraction of sp³-hybridized carbons (Fsp3) is 0.429. The number of anilines is 1. The van der Waals surface area contributed by atoms with Crippen LogP contribution in [0.4, 0.5) is 10.5 Å². The summed E-state index contributed by atoms with van der Waals surface area (Å²) in [6.07, 6.45) is 2.76. The van der Waals surface area contributed by atoms with E-state index in [1.807, 2.05) is 25.1 Å². The van der Waals surface area contributed by atoms with E-state index in [1.54, 1.807) is 17.0 Å². The Balaban J connectivity index is 2.03. The average Bonchev–Trinajstić information content (AvgIpc) is 2.59. The molecule has 2 fully saturated rings. The second kappa shape index (κ2) is 3.83. The molecular formula is C14H16N2O2. The molecule has 94 valence electrons. The zero-order valence-electron chi connectivity index (χ0n) is 10.4. The van der Waals surface area contributed by atoms with E-state index in [2.05, 4.69) is 0 Å². The zero-order valence-corrected chi connectivity index (χ0v) is 10.4. The lowest BCUT2D eigenvalue weighted by Gasteiger charge is -2.35. The molecule has 1 atom stereocenters. The van der Waals surface area contributed by atoms with Gasteiger partial charge in [0.15, 0.2) is 0 Å². The number of nitrogens with zero attached hydrogens (tertiary/aromatic N) is 2. The number of para-hydroxylation sites is 1. The molecule has 0 spiro atoms. The molecule has 0 saturated carbocycles. The first-order chi connectivity index (χ1) is 8.64. The molecule has 2 heterocycles. The molecular weight excluding hydrogens is 228 g/mol. The largest absolute Gasteiger partial charge is 0.332 e. The summed E-state index contributed by atoms with van der Waals surface area (Å²) >= 11 is 0. The summed E-state index contributed by atoms with van der Waals surface area (Å²) in [6.45, 7) is 2.57. The van der Waals surface area contributed by atoms with Gasteiger partial charge < -0.3 is 4.90 Å². The first kappa shape index (κ1) is 11.3. The third-order valence-electron chi connectivity index (χ3n) is 3.99. The Morgan fingerprint density at radius 2 is 1.83 bits per heavy atom. The van der Waals surface area contributed by atoms with Crippen LogP contribution < -0.4 is 4.90 Å². The molecule has 3 amide bonds. The quantitative estimate of drug-likeness (QED) is 0.712. The van der Waals surface area contributed by atoms with Crippen molar-refractivity contribution < 1.29 is 9.59 Å². The van der Waals surface area contributed by atoms with Gasteiger partial charge in [0.05, 0.1) is 5.69 Å². The number of fused-ring (bicyclic) bond motifs is 1. The molecule has 2 saturated heterocycles. The van der Waals surface area contributed by atoms with E-state index >= 15 is 0 Å². The molecule has 0 aromatic heterocycles. The van der Waals surface area contributed by atoms with Crippen molar-refractivity contribution in [3.63, 3.8) is 0 Å². The van der Waals surface area contributed by atoms with Gasteiger partial charge in [-0.1, -0.05) is 18.2 Å². The lowest BCUT2D eigenvalue weighted by Crippen LogP contribution is -2.49. The minimum atomic E-state index is -0.634. The molecule has 0 N–H and O–H groups in total. The predicted molar refractivity (Wildman–Crippen MR) is 68.3 cm³/mol. The molecule has 1 unspecified atom stereocenters. The fourth-order valence-electron chi connectivity index (χ4n) is 2.90. The van der Waals surface area contributed by atoms with Crippen LogP contribution in [0.25, 0.3) is 0 Å². The van der Waals surface area contributed by atoms with E-state index in [9.17, 15) is 9.59 Å². The highest BCUT2D eigenvalue weighted by molar-refractivity contribution is 6.23. The second-order valence-corrected chi connectivity index (χ2v) is 5.14. The molecule has 0 bridgehead atoms. The topological polar surface area (TPSA) is 40.6 Å². The maximum absolute atomic E-state index is 12.5. The predicted octanol–water partition coefficient (Wildman–Crippen LogP) is 2.40. The Bertz CT molecular complexity index is 500. The number of benzene rings is 1. The van der Waals surface area contributed by atoms with Gasteiger partial charge in [-0.15, -0.1) is 0 Å². The van der Waals surface area contributed by atoms with E-state index in [0.717, 1.165) is 19.3 Å². The summed E-state index contributed by atoms with van der Waals surface area (Å²) in [5.74, 6) is -0.0848. The third-order valence-corrected chi connectivity index (χ3v) is 3.99. The molecule has 2 aliphatic heterocycles. The molecule has 0 radical (unpaired) electrons. The van der Waals surface area contributed by atoms with Crippen LogP contribution in [0.1, 0.15) is 26.2 Å². The Labute approximate surface area is 106 Å². The van der Waals surface area contributed by atoms with E-state index in [0.29, 0.717) is 12.2 Å². The minimum absolute atomic E-state index is 0.0848. The molecule has 4 nitrogen and oxygen atoms in total. The van der Waals surface area contributed by atoms with Crippen molar-refractivity contribution in [2.24, 2.45) is 0 Å². The summed E-state index contributed by atoms with van der Waals surface area (Å²) in [5.41, 5.74) is 0.0358. The number of carbonyl (C=O) groups excluding carboxylic acids is 2. The van der Waals surface area contributed by atoms with Gasteiger partial charge in [0.25, 0.3) is 5.91 Å². The Morgan fingerprint density at radius 3 is 2.50 bits per heavy atom. The zero-order chi connectivity index (χ0) is 12.8. The molecule has 4 heteroatoms. The maximum atomic E-state index is 12.5. The molecule has 1 aromatic rings. The van der Waals surface area contributed by atoms with Crippen molar-refractivity contribution in [3.8, 4) is 0 Å². The first-order valence-electron chi connectivity index (χ1n) is 6.36. The average molecular weight is 244 g/mol. The van der Waals surface area contributed by atoms with Gasteiger partial charge in [-0.05, 0) is 38.3 Å². The van der Waals surface area contributed by atoms with Crippen LogP contribution in [0, 0.1) is 0 Å². The van der Waals surface area contributed by atoms with Crippen molar-refractivity contribution in [3.05, 3.63) is 30.3 Å². The first-order valence-corrected chi connectivity index (χ1v) is 6.36. The maximum Gasteiger partial charge on any atom is 0.332 e. The summed E-state index contributed by atoms with van der Waals surface area (Å²) in [5, 5.41) is 0. The third kappa shape index (κ3) is 1.38. The van der Waals surface area contributed by atoms with Crippen molar-refractivity contribution >= 4 is 17.6 Å². The lowest BCUT2D eigenvalue weighted by atomic mass is 9.89. The molecule has 2 aliphatic rings. The van der Waals surface area contributed by atoms with Gasteiger partial charge >= 0.3 is 6.03 Å². The van der Waals surface area contributed by atoms with Crippen LogP contribution >= 0.6 is 0 Å². The highest BCUT2D eigenvalue weighted by Crippen LogP contribution is 2.38. The molecule has 18 heavy (non-hydrogen) atoms. The van der Waals surface area contributed by atoms with E-state index in [4.69, 9.17) is 0 Å². The summed E-state index contributed by atoms with van der Waals surface area (Å²) < 4.78 is 0. The smallest absolute Gasteiger partial charge is 0.309 e. The van der Waals surface area contributed by atoms with E-state index < -0.39 is 5.54 Å². The minimum Gasteiger partial charge on any atom is -0.309 e. The number of imide groups is 1. The standard InChI is InChI=1S/C14H16N2O2/c1-14-9-5-6-10-15(14)13(18)16(12(14)17)11-7-3-2-4-8-11/h2-4,7-8H,5-6,9-10H2,1H3. The van der Waals surface area contributed by atoms with Crippen molar-refractivity contribution in [1.29, 1.82) is 0 Å². The fourth-order valence-corrected chi connectivity index (χ4v) is 2.90. The summed E-state index contributed by atoms with van der Waals surface area (Å²) in [7, 11) is 0. The van der Waals surface area contributed by atoms with Crippen LogP contribution in [0.3, 0.4) is 0 Å². The van der Waals surface area contributed by atoms with Gasteiger partial charge in [0.2, 0.25) is 0 Å². The van der Waals surface area contributed by atoms with Crippen LogP contribution in [-0.2, 0) is 4.79 Å². The second-order valence-electron chi connectivity index (χ2n) is 5.14. The number of hydrogen-bond donors (Lipinski definition) is 0. The number of amides is 3. The van der Waals surface area contributed by atoms with Gasteiger partial charge in [-0.25, -0.2) is 9.69 Å². The number of piperidine rings is 1. The highest BCUT2D eigenvalue weighted by atomic mass is 16.2.